The molecular weight excluding hydrogens is 337 g/mol. The van der Waals surface area contributed by atoms with Gasteiger partial charge >= 0.3 is 6.18 Å². The lowest BCUT2D eigenvalue weighted by molar-refractivity contribution is -0.137. The number of hydrogen-bond donors (Lipinski definition) is 2. The summed E-state index contributed by atoms with van der Waals surface area (Å²) in [5, 5.41) is 13.6. The maximum absolute atomic E-state index is 12.5. The van der Waals surface area contributed by atoms with Crippen molar-refractivity contribution in [1.29, 1.82) is 0 Å². The zero-order chi connectivity index (χ0) is 17.9. The Bertz CT molecular complexity index is 722. The zero-order valence-corrected chi connectivity index (χ0v) is 13.3. The molecular formula is C15H17F3N6O. The third-order valence-electron chi connectivity index (χ3n) is 3.99. The van der Waals surface area contributed by atoms with Crippen LogP contribution in [0.1, 0.15) is 28.9 Å². The van der Waals surface area contributed by atoms with Crippen LogP contribution in [0.3, 0.4) is 0 Å². The number of aromatic nitrogens is 4. The van der Waals surface area contributed by atoms with E-state index in [0.29, 0.717) is 18.7 Å². The van der Waals surface area contributed by atoms with Crippen molar-refractivity contribution in [2.75, 3.05) is 19.6 Å². The van der Waals surface area contributed by atoms with Crippen molar-refractivity contribution in [2.24, 2.45) is 5.92 Å². The van der Waals surface area contributed by atoms with E-state index in [9.17, 15) is 18.0 Å². The summed E-state index contributed by atoms with van der Waals surface area (Å²) in [6.07, 6.45) is -0.268. The lowest BCUT2D eigenvalue weighted by atomic mass is 10.00. The minimum atomic E-state index is -4.45. The van der Waals surface area contributed by atoms with E-state index in [0.717, 1.165) is 36.7 Å². The highest BCUT2D eigenvalue weighted by molar-refractivity contribution is 5.91. The number of carbonyl (C=O) groups excluding carboxylic acids is 1. The van der Waals surface area contributed by atoms with Crippen molar-refractivity contribution >= 4 is 5.91 Å². The molecule has 2 aromatic rings. The van der Waals surface area contributed by atoms with Gasteiger partial charge in [0, 0.05) is 12.7 Å². The van der Waals surface area contributed by atoms with Gasteiger partial charge in [-0.2, -0.15) is 13.2 Å². The van der Waals surface area contributed by atoms with Gasteiger partial charge in [-0.05, 0) is 44.0 Å². The number of amides is 1. The predicted octanol–water partition coefficient (Wildman–Crippen LogP) is 1.41. The number of rotatable bonds is 4. The molecule has 1 aliphatic heterocycles. The summed E-state index contributed by atoms with van der Waals surface area (Å²) in [4.78, 5) is 15.8. The normalized spacial score (nSPS) is 18.1. The summed E-state index contributed by atoms with van der Waals surface area (Å²) in [5.74, 6) is 0.157. The van der Waals surface area contributed by atoms with Gasteiger partial charge in [-0.25, -0.2) is 9.67 Å². The Morgan fingerprint density at radius 1 is 1.40 bits per heavy atom. The van der Waals surface area contributed by atoms with Crippen molar-refractivity contribution in [3.05, 3.63) is 35.8 Å². The summed E-state index contributed by atoms with van der Waals surface area (Å²) < 4.78 is 38.8. The molecule has 0 aliphatic carbocycles. The molecule has 1 aliphatic rings. The molecule has 1 amide bonds. The van der Waals surface area contributed by atoms with E-state index in [1.54, 1.807) is 0 Å². The zero-order valence-electron chi connectivity index (χ0n) is 13.3. The first-order valence-corrected chi connectivity index (χ1v) is 7.88. The van der Waals surface area contributed by atoms with Crippen molar-refractivity contribution in [3.8, 4) is 5.82 Å². The fraction of sp³-hybridized carbons (Fsp3) is 0.467. The molecule has 2 aromatic heterocycles. The summed E-state index contributed by atoms with van der Waals surface area (Å²) >= 11 is 0. The number of nitrogens with zero attached hydrogens (tertiary/aromatic N) is 4. The number of alkyl halides is 3. The minimum Gasteiger partial charge on any atom is -0.350 e. The molecule has 1 saturated heterocycles. The second kappa shape index (κ2) is 7.18. The lowest BCUT2D eigenvalue weighted by Crippen LogP contribution is -2.38. The van der Waals surface area contributed by atoms with Crippen molar-refractivity contribution < 1.29 is 18.0 Å². The number of carbonyl (C=O) groups is 1. The first-order chi connectivity index (χ1) is 11.9. The minimum absolute atomic E-state index is 0.0884. The van der Waals surface area contributed by atoms with Crippen LogP contribution >= 0.6 is 0 Å². The highest BCUT2D eigenvalue weighted by Crippen LogP contribution is 2.28. The average Bonchev–Trinajstić information content (AvgIpc) is 3.10. The van der Waals surface area contributed by atoms with Gasteiger partial charge in [0.2, 0.25) is 0 Å². The Morgan fingerprint density at radius 2 is 2.24 bits per heavy atom. The van der Waals surface area contributed by atoms with Crippen molar-refractivity contribution in [2.45, 2.75) is 19.0 Å². The van der Waals surface area contributed by atoms with Gasteiger partial charge in [-0.3, -0.25) is 4.79 Å². The van der Waals surface area contributed by atoms with Crippen LogP contribution < -0.4 is 10.6 Å². The van der Waals surface area contributed by atoms with E-state index in [-0.39, 0.29) is 17.4 Å². The monoisotopic (exact) mass is 354 g/mol. The standard InChI is InChI=1S/C15H17F3N6O/c16-15(17,18)11-3-4-13(20-8-11)24-9-12(22-23-24)14(25)21-7-10-2-1-5-19-6-10/h3-4,8-10,19H,1-2,5-7H2,(H,21,25). The number of piperidine rings is 1. The quantitative estimate of drug-likeness (QED) is 0.867. The molecule has 3 heterocycles. The molecule has 10 heteroatoms. The Balaban J connectivity index is 1.62. The molecule has 0 aromatic carbocycles. The number of halogens is 3. The molecule has 1 atom stereocenters. The molecule has 1 unspecified atom stereocenters. The van der Waals surface area contributed by atoms with Crippen LogP contribution in [0.2, 0.25) is 0 Å². The van der Waals surface area contributed by atoms with Crippen LogP contribution in [0.25, 0.3) is 5.82 Å². The third kappa shape index (κ3) is 4.32. The van der Waals surface area contributed by atoms with Crippen molar-refractivity contribution in [3.63, 3.8) is 0 Å². The molecule has 134 valence electrons. The Labute approximate surface area is 141 Å². The van der Waals surface area contributed by atoms with Gasteiger partial charge in [-0.15, -0.1) is 5.10 Å². The van der Waals surface area contributed by atoms with Gasteiger partial charge in [0.1, 0.15) is 0 Å². The first kappa shape index (κ1) is 17.3. The van der Waals surface area contributed by atoms with Crippen LogP contribution in [0, 0.1) is 5.92 Å². The topological polar surface area (TPSA) is 84.7 Å². The van der Waals surface area contributed by atoms with Crippen LogP contribution in [-0.2, 0) is 6.18 Å². The molecule has 0 spiro atoms. The molecule has 0 saturated carbocycles. The molecule has 0 radical (unpaired) electrons. The van der Waals surface area contributed by atoms with Gasteiger partial charge in [0.05, 0.1) is 11.8 Å². The predicted molar refractivity (Wildman–Crippen MR) is 82.1 cm³/mol. The summed E-state index contributed by atoms with van der Waals surface area (Å²) in [6.45, 7) is 2.40. The third-order valence-corrected chi connectivity index (χ3v) is 3.99. The van der Waals surface area contributed by atoms with E-state index in [2.05, 4.69) is 25.9 Å². The van der Waals surface area contributed by atoms with E-state index in [4.69, 9.17) is 0 Å². The van der Waals surface area contributed by atoms with Crippen LogP contribution in [-0.4, -0.2) is 45.5 Å². The number of hydrogen-bond acceptors (Lipinski definition) is 5. The van der Waals surface area contributed by atoms with Crippen LogP contribution in [0.4, 0.5) is 13.2 Å². The fourth-order valence-corrected chi connectivity index (χ4v) is 2.59. The second-order valence-corrected chi connectivity index (χ2v) is 5.87. The van der Waals surface area contributed by atoms with E-state index in [1.807, 2.05) is 0 Å². The van der Waals surface area contributed by atoms with Crippen LogP contribution in [0.5, 0.6) is 0 Å². The largest absolute Gasteiger partial charge is 0.417 e. The Kier molecular flexibility index (Phi) is 4.98. The van der Waals surface area contributed by atoms with Gasteiger partial charge in [-0.1, -0.05) is 5.21 Å². The highest BCUT2D eigenvalue weighted by Gasteiger charge is 2.30. The summed E-state index contributed by atoms with van der Waals surface area (Å²) in [6, 6.07) is 2.08. The van der Waals surface area contributed by atoms with Crippen molar-refractivity contribution in [1.82, 2.24) is 30.6 Å². The average molecular weight is 354 g/mol. The Hall–Kier alpha value is -2.49. The number of pyridine rings is 1. The van der Waals surface area contributed by atoms with Gasteiger partial charge in [0.25, 0.3) is 5.91 Å². The van der Waals surface area contributed by atoms with E-state index < -0.39 is 11.7 Å². The second-order valence-electron chi connectivity index (χ2n) is 5.87. The maximum atomic E-state index is 12.5. The molecule has 7 nitrogen and oxygen atoms in total. The van der Waals surface area contributed by atoms with Crippen LogP contribution in [0.15, 0.2) is 24.5 Å². The fourth-order valence-electron chi connectivity index (χ4n) is 2.59. The number of nitrogens with one attached hydrogen (secondary N) is 2. The lowest BCUT2D eigenvalue weighted by Gasteiger charge is -2.22. The summed E-state index contributed by atoms with van der Waals surface area (Å²) in [7, 11) is 0. The molecule has 3 rings (SSSR count). The molecule has 0 bridgehead atoms. The van der Waals surface area contributed by atoms with Gasteiger partial charge < -0.3 is 10.6 Å². The maximum Gasteiger partial charge on any atom is 0.417 e. The van der Waals surface area contributed by atoms with E-state index >= 15 is 0 Å². The highest BCUT2D eigenvalue weighted by atomic mass is 19.4. The smallest absolute Gasteiger partial charge is 0.350 e. The summed E-state index contributed by atoms with van der Waals surface area (Å²) in [5.41, 5.74) is -0.763. The van der Waals surface area contributed by atoms with Gasteiger partial charge in [0.15, 0.2) is 11.5 Å². The SMILES string of the molecule is O=C(NCC1CCCNC1)c1cn(-c2ccc(C(F)(F)F)cn2)nn1. The van der Waals surface area contributed by atoms with E-state index in [1.165, 1.54) is 12.3 Å². The molecule has 2 N–H and O–H groups in total. The first-order valence-electron chi connectivity index (χ1n) is 7.88. The molecule has 1 fully saturated rings. The molecule has 25 heavy (non-hydrogen) atoms. The Morgan fingerprint density at radius 3 is 2.88 bits per heavy atom.